The summed E-state index contributed by atoms with van der Waals surface area (Å²) in [5.74, 6) is 1.01. The van der Waals surface area contributed by atoms with Gasteiger partial charge in [0.2, 0.25) is 0 Å². The van der Waals surface area contributed by atoms with Crippen LogP contribution in [0.5, 0.6) is 0 Å². The molecule has 0 aliphatic carbocycles. The van der Waals surface area contributed by atoms with Crippen molar-refractivity contribution in [2.45, 2.75) is 6.42 Å². The molecule has 0 fully saturated rings. The summed E-state index contributed by atoms with van der Waals surface area (Å²) in [7, 11) is 0. The number of nitro benzene ring substituents is 1. The lowest BCUT2D eigenvalue weighted by atomic mass is 10.2. The second-order valence-corrected chi connectivity index (χ2v) is 4.36. The molecular formula is C11H13N3O2S. The van der Waals surface area contributed by atoms with Crippen molar-refractivity contribution >= 4 is 23.1 Å². The molecule has 6 heteroatoms. The van der Waals surface area contributed by atoms with Gasteiger partial charge in [-0.2, -0.15) is 17.0 Å². The zero-order valence-electron chi connectivity index (χ0n) is 9.47. The maximum Gasteiger partial charge on any atom is 0.293 e. The summed E-state index contributed by atoms with van der Waals surface area (Å²) in [4.78, 5) is 10.4. The van der Waals surface area contributed by atoms with Gasteiger partial charge >= 0.3 is 0 Å². The van der Waals surface area contributed by atoms with Gasteiger partial charge in [-0.3, -0.25) is 10.1 Å². The van der Waals surface area contributed by atoms with Crippen LogP contribution in [0.1, 0.15) is 12.0 Å². The zero-order valence-corrected chi connectivity index (χ0v) is 10.3. The van der Waals surface area contributed by atoms with E-state index in [2.05, 4.69) is 5.32 Å². The summed E-state index contributed by atoms with van der Waals surface area (Å²) in [5.41, 5.74) is 0.717. The Labute approximate surface area is 104 Å². The first-order valence-electron chi connectivity index (χ1n) is 5.10. The Hall–Kier alpha value is -1.74. The summed E-state index contributed by atoms with van der Waals surface area (Å²) in [5, 5.41) is 22.5. The smallest absolute Gasteiger partial charge is 0.293 e. The van der Waals surface area contributed by atoms with Crippen LogP contribution < -0.4 is 5.32 Å². The molecule has 0 aliphatic rings. The summed E-state index contributed by atoms with van der Waals surface area (Å²) in [6, 6.07) is 6.33. The lowest BCUT2D eigenvalue weighted by molar-refractivity contribution is -0.384. The third-order valence-corrected chi connectivity index (χ3v) is 2.86. The third kappa shape index (κ3) is 3.96. The first-order valence-corrected chi connectivity index (χ1v) is 6.49. The van der Waals surface area contributed by atoms with Gasteiger partial charge in [0.05, 0.1) is 16.6 Å². The fourth-order valence-corrected chi connectivity index (χ4v) is 1.77. The molecule has 0 aromatic heterocycles. The molecule has 0 heterocycles. The maximum atomic E-state index is 10.8. The van der Waals surface area contributed by atoms with E-state index in [1.54, 1.807) is 23.9 Å². The highest BCUT2D eigenvalue weighted by Gasteiger charge is 2.13. The van der Waals surface area contributed by atoms with E-state index >= 15 is 0 Å². The van der Waals surface area contributed by atoms with Crippen LogP contribution in [0.4, 0.5) is 11.4 Å². The van der Waals surface area contributed by atoms with Crippen LogP contribution in [0.25, 0.3) is 0 Å². The molecule has 17 heavy (non-hydrogen) atoms. The van der Waals surface area contributed by atoms with Crippen LogP contribution >= 0.6 is 11.8 Å². The van der Waals surface area contributed by atoms with Gasteiger partial charge in [-0.25, -0.2) is 0 Å². The van der Waals surface area contributed by atoms with Gasteiger partial charge in [-0.05, 0) is 30.6 Å². The maximum absolute atomic E-state index is 10.8. The molecular weight excluding hydrogens is 238 g/mol. The predicted molar refractivity (Wildman–Crippen MR) is 69.3 cm³/mol. The molecule has 1 aromatic carbocycles. The second-order valence-electron chi connectivity index (χ2n) is 3.37. The Balaban J connectivity index is 2.77. The Morgan fingerprint density at radius 3 is 2.94 bits per heavy atom. The minimum absolute atomic E-state index is 0.0480. The lowest BCUT2D eigenvalue weighted by Crippen LogP contribution is -2.05. The Morgan fingerprint density at radius 2 is 2.35 bits per heavy atom. The van der Waals surface area contributed by atoms with Crippen molar-refractivity contribution in [3.63, 3.8) is 0 Å². The highest BCUT2D eigenvalue weighted by molar-refractivity contribution is 7.98. The monoisotopic (exact) mass is 251 g/mol. The number of hydrogen-bond donors (Lipinski definition) is 1. The van der Waals surface area contributed by atoms with E-state index in [-0.39, 0.29) is 5.69 Å². The first-order chi connectivity index (χ1) is 8.19. The minimum atomic E-state index is -0.474. The SMILES string of the molecule is CSCCCNc1ccc(C#N)cc1[N+](=O)[O-]. The highest BCUT2D eigenvalue weighted by Crippen LogP contribution is 2.25. The number of nitriles is 1. The molecule has 0 bridgehead atoms. The standard InChI is InChI=1S/C11H13N3O2S/c1-17-6-2-5-13-10-4-3-9(8-12)7-11(10)14(15)16/h3-4,7,13H,2,5-6H2,1H3. The number of nitro groups is 1. The van der Waals surface area contributed by atoms with Gasteiger partial charge in [0.1, 0.15) is 5.69 Å². The predicted octanol–water partition coefficient (Wildman–Crippen LogP) is 2.63. The molecule has 1 N–H and O–H groups in total. The summed E-state index contributed by atoms with van der Waals surface area (Å²) in [6.07, 6.45) is 2.96. The third-order valence-electron chi connectivity index (χ3n) is 2.16. The van der Waals surface area contributed by atoms with Gasteiger partial charge in [0, 0.05) is 12.6 Å². The van der Waals surface area contributed by atoms with Crippen molar-refractivity contribution in [2.24, 2.45) is 0 Å². The molecule has 0 unspecified atom stereocenters. The molecule has 0 aliphatic heterocycles. The number of thioether (sulfide) groups is 1. The highest BCUT2D eigenvalue weighted by atomic mass is 32.2. The van der Waals surface area contributed by atoms with Gasteiger partial charge in [-0.15, -0.1) is 0 Å². The average molecular weight is 251 g/mol. The van der Waals surface area contributed by atoms with Crippen molar-refractivity contribution in [3.05, 3.63) is 33.9 Å². The summed E-state index contributed by atoms with van der Waals surface area (Å²) in [6.45, 7) is 0.688. The molecule has 5 nitrogen and oxygen atoms in total. The molecule has 1 aromatic rings. The summed E-state index contributed by atoms with van der Waals surface area (Å²) >= 11 is 1.74. The molecule has 90 valence electrons. The number of nitrogens with one attached hydrogen (secondary N) is 1. The van der Waals surface area contributed by atoms with E-state index in [1.807, 2.05) is 12.3 Å². The molecule has 0 saturated carbocycles. The average Bonchev–Trinajstić information content (AvgIpc) is 2.34. The number of rotatable bonds is 6. The Bertz CT molecular complexity index is 443. The number of benzene rings is 1. The topological polar surface area (TPSA) is 79.0 Å². The van der Waals surface area contributed by atoms with Gasteiger partial charge in [0.25, 0.3) is 5.69 Å². The van der Waals surface area contributed by atoms with Crippen molar-refractivity contribution in [1.82, 2.24) is 0 Å². The van der Waals surface area contributed by atoms with Gasteiger partial charge in [0.15, 0.2) is 0 Å². The van der Waals surface area contributed by atoms with Crippen LogP contribution in [-0.4, -0.2) is 23.5 Å². The Kier molecular flexibility index (Phi) is 5.30. The van der Waals surface area contributed by atoms with Crippen LogP contribution in [0, 0.1) is 21.4 Å². The van der Waals surface area contributed by atoms with Crippen molar-refractivity contribution in [2.75, 3.05) is 23.9 Å². The molecule has 0 atom stereocenters. The fraction of sp³-hybridized carbons (Fsp3) is 0.364. The molecule has 1 rings (SSSR count). The summed E-state index contributed by atoms with van der Waals surface area (Å²) < 4.78 is 0. The van der Waals surface area contributed by atoms with E-state index in [9.17, 15) is 10.1 Å². The molecule has 0 radical (unpaired) electrons. The van der Waals surface area contributed by atoms with Crippen molar-refractivity contribution in [1.29, 1.82) is 5.26 Å². The van der Waals surface area contributed by atoms with E-state index in [0.29, 0.717) is 17.8 Å². The molecule has 0 spiro atoms. The van der Waals surface area contributed by atoms with E-state index < -0.39 is 4.92 Å². The van der Waals surface area contributed by atoms with E-state index in [4.69, 9.17) is 5.26 Å². The minimum Gasteiger partial charge on any atom is -0.379 e. The van der Waals surface area contributed by atoms with Crippen LogP contribution in [0.15, 0.2) is 18.2 Å². The normalized spacial score (nSPS) is 9.65. The molecule has 0 amide bonds. The zero-order chi connectivity index (χ0) is 12.7. The fourth-order valence-electron chi connectivity index (χ4n) is 1.34. The number of hydrogen-bond acceptors (Lipinski definition) is 5. The van der Waals surface area contributed by atoms with E-state index in [1.165, 1.54) is 6.07 Å². The van der Waals surface area contributed by atoms with Crippen molar-refractivity contribution < 1.29 is 4.92 Å². The van der Waals surface area contributed by atoms with Crippen LogP contribution in [-0.2, 0) is 0 Å². The quantitative estimate of drug-likeness (QED) is 0.477. The number of nitrogens with zero attached hydrogens (tertiary/aromatic N) is 2. The van der Waals surface area contributed by atoms with Crippen molar-refractivity contribution in [3.8, 4) is 6.07 Å². The Morgan fingerprint density at radius 1 is 1.59 bits per heavy atom. The largest absolute Gasteiger partial charge is 0.379 e. The lowest BCUT2D eigenvalue weighted by Gasteiger charge is -2.06. The van der Waals surface area contributed by atoms with Gasteiger partial charge < -0.3 is 5.32 Å². The van der Waals surface area contributed by atoms with Crippen LogP contribution in [0.2, 0.25) is 0 Å². The number of anilines is 1. The van der Waals surface area contributed by atoms with E-state index in [0.717, 1.165) is 12.2 Å². The second kappa shape index (κ2) is 6.76. The van der Waals surface area contributed by atoms with Crippen LogP contribution in [0.3, 0.4) is 0 Å². The molecule has 0 saturated heterocycles. The first kappa shape index (κ1) is 13.3. The van der Waals surface area contributed by atoms with Gasteiger partial charge in [-0.1, -0.05) is 0 Å².